The van der Waals surface area contributed by atoms with E-state index in [4.69, 9.17) is 4.74 Å². The van der Waals surface area contributed by atoms with Gasteiger partial charge in [0.05, 0.1) is 7.11 Å². The minimum Gasteiger partial charge on any atom is -0.467 e. The van der Waals surface area contributed by atoms with Crippen molar-refractivity contribution in [2.24, 2.45) is 18.9 Å². The predicted octanol–water partition coefficient (Wildman–Crippen LogP) is 3.79. The molecule has 0 N–H and O–H groups in total. The van der Waals surface area contributed by atoms with Gasteiger partial charge in [0.2, 0.25) is 23.6 Å². The third-order valence-electron chi connectivity index (χ3n) is 9.99. The van der Waals surface area contributed by atoms with Crippen LogP contribution in [0.3, 0.4) is 0 Å². The first-order chi connectivity index (χ1) is 26.6. The first-order valence-corrected chi connectivity index (χ1v) is 18.2. The van der Waals surface area contributed by atoms with E-state index in [1.54, 1.807) is 49.9 Å². The highest BCUT2D eigenvalue weighted by Crippen LogP contribution is 2.27. The summed E-state index contributed by atoms with van der Waals surface area (Å²) in [5, 5.41) is 0.696. The second kappa shape index (κ2) is 19.5. The molecular formula is C38H52F6N6O8. The number of hydrogen-bond acceptors (Lipinski definition) is 8. The number of esters is 1. The second-order valence-electron chi connectivity index (χ2n) is 14.9. The van der Waals surface area contributed by atoms with E-state index in [0.29, 0.717) is 22.9 Å². The van der Waals surface area contributed by atoms with Gasteiger partial charge in [-0.05, 0) is 36.3 Å². The molecule has 0 spiro atoms. The van der Waals surface area contributed by atoms with Crippen molar-refractivity contribution < 1.29 is 64.6 Å². The molecule has 6 amide bonds. The fraction of sp³-hybridized carbons (Fsp3) is 0.605. The number of hydrogen-bond donors (Lipinski definition) is 0. The maximum atomic E-state index is 14.7. The number of amides is 6. The number of likely N-dealkylation sites (N-methyl/N-ethyl adjacent to an activating group) is 4. The van der Waals surface area contributed by atoms with Gasteiger partial charge in [-0.1, -0.05) is 45.9 Å². The summed E-state index contributed by atoms with van der Waals surface area (Å²) in [6, 6.07) is 0.850. The van der Waals surface area contributed by atoms with Crippen molar-refractivity contribution in [3.8, 4) is 0 Å². The molecule has 14 nitrogen and oxygen atoms in total. The molecule has 58 heavy (non-hydrogen) atoms. The van der Waals surface area contributed by atoms with E-state index in [9.17, 15) is 59.9 Å². The number of aromatic nitrogens is 1. The average Bonchev–Trinajstić information content (AvgIpc) is 3.46. The zero-order valence-corrected chi connectivity index (χ0v) is 34.4. The zero-order chi connectivity index (χ0) is 44.8. The van der Waals surface area contributed by atoms with Gasteiger partial charge in [0.15, 0.2) is 0 Å². The maximum absolute atomic E-state index is 14.7. The second-order valence-corrected chi connectivity index (χ2v) is 14.9. The normalized spacial score (nSPS) is 14.1. The first-order valence-electron chi connectivity index (χ1n) is 18.2. The predicted molar refractivity (Wildman–Crippen MR) is 198 cm³/mol. The van der Waals surface area contributed by atoms with E-state index < -0.39 is 96.7 Å². The monoisotopic (exact) mass is 834 g/mol. The van der Waals surface area contributed by atoms with Crippen LogP contribution in [-0.4, -0.2) is 149 Å². The summed E-state index contributed by atoms with van der Waals surface area (Å²) in [6.45, 7) is 6.29. The van der Waals surface area contributed by atoms with Crippen LogP contribution >= 0.6 is 0 Å². The molecule has 2 aromatic rings. The van der Waals surface area contributed by atoms with Gasteiger partial charge >= 0.3 is 30.1 Å². The van der Waals surface area contributed by atoms with Crippen LogP contribution in [0.2, 0.25) is 0 Å². The van der Waals surface area contributed by atoms with Crippen LogP contribution < -0.4 is 0 Å². The summed E-state index contributed by atoms with van der Waals surface area (Å²) in [5.74, 6) is -11.2. The molecule has 2 rings (SSSR count). The number of halogens is 6. The number of carbonyl (C=O) groups is 7. The molecule has 0 fully saturated rings. The number of ether oxygens (including phenoxy) is 1. The van der Waals surface area contributed by atoms with Gasteiger partial charge in [-0.25, -0.2) is 4.79 Å². The van der Waals surface area contributed by atoms with Crippen molar-refractivity contribution in [2.75, 3.05) is 42.3 Å². The van der Waals surface area contributed by atoms with E-state index in [2.05, 4.69) is 0 Å². The molecule has 0 bridgehead atoms. The third-order valence-corrected chi connectivity index (χ3v) is 9.99. The summed E-state index contributed by atoms with van der Waals surface area (Å²) >= 11 is 0. The molecule has 324 valence electrons. The summed E-state index contributed by atoms with van der Waals surface area (Å²) in [5.41, 5.74) is 1.33. The van der Waals surface area contributed by atoms with Crippen molar-refractivity contribution in [1.82, 2.24) is 29.1 Å². The number of aryl methyl sites for hydroxylation is 1. The van der Waals surface area contributed by atoms with Crippen LogP contribution in [0.1, 0.15) is 52.5 Å². The van der Waals surface area contributed by atoms with Crippen molar-refractivity contribution in [2.45, 2.75) is 89.9 Å². The molecule has 20 heteroatoms. The fourth-order valence-corrected chi connectivity index (χ4v) is 6.76. The average molecular weight is 835 g/mol. The molecule has 1 aromatic carbocycles. The highest BCUT2D eigenvalue weighted by molar-refractivity contribution is 5.99. The Morgan fingerprint density at radius 3 is 1.71 bits per heavy atom. The SMILES string of the molecule is COC(=O)C(CC(C)C)N(C)C(=O)C(Cc1cn(C)c2ccccc12)N(C)C(=O)C(CCC(=O)N(C)C(=O)C(F)(F)F)N(C)C(=O)C(C(C)C)N(C)C(=O)C(F)(F)F. The van der Waals surface area contributed by atoms with E-state index in [0.717, 1.165) is 36.5 Å². The van der Waals surface area contributed by atoms with Crippen LogP contribution in [0.15, 0.2) is 30.5 Å². The van der Waals surface area contributed by atoms with Gasteiger partial charge in [-0.2, -0.15) is 26.3 Å². The van der Waals surface area contributed by atoms with Crippen LogP contribution in [0.4, 0.5) is 26.3 Å². The summed E-state index contributed by atoms with van der Waals surface area (Å²) < 4.78 is 86.9. The largest absolute Gasteiger partial charge is 0.471 e. The van der Waals surface area contributed by atoms with Gasteiger partial charge in [-0.15, -0.1) is 0 Å². The van der Waals surface area contributed by atoms with Crippen LogP contribution in [0.25, 0.3) is 10.9 Å². The lowest BCUT2D eigenvalue weighted by atomic mass is 9.97. The number of rotatable bonds is 16. The maximum Gasteiger partial charge on any atom is 0.471 e. The molecule has 4 atom stereocenters. The number of fused-ring (bicyclic) bond motifs is 1. The Bertz CT molecular complexity index is 1840. The van der Waals surface area contributed by atoms with E-state index in [1.165, 1.54) is 27.9 Å². The van der Waals surface area contributed by atoms with Gasteiger partial charge in [-0.3, -0.25) is 33.7 Å². The van der Waals surface area contributed by atoms with E-state index in [1.807, 2.05) is 6.07 Å². The Hall–Kier alpha value is -5.17. The van der Waals surface area contributed by atoms with Crippen LogP contribution in [0, 0.1) is 11.8 Å². The molecule has 0 aliphatic rings. The zero-order valence-electron chi connectivity index (χ0n) is 34.4. The quantitative estimate of drug-likeness (QED) is 0.183. The number of methoxy groups -OCH3 is 1. The molecular weight excluding hydrogens is 782 g/mol. The number of alkyl halides is 6. The fourth-order valence-electron chi connectivity index (χ4n) is 6.76. The number of nitrogens with zero attached hydrogens (tertiary/aromatic N) is 6. The smallest absolute Gasteiger partial charge is 0.467 e. The number of benzene rings is 1. The van der Waals surface area contributed by atoms with Gasteiger partial charge in [0.1, 0.15) is 24.2 Å². The van der Waals surface area contributed by atoms with Crippen molar-refractivity contribution in [3.05, 3.63) is 36.0 Å². The molecule has 0 aliphatic heterocycles. The van der Waals surface area contributed by atoms with Gasteiger partial charge in [0.25, 0.3) is 0 Å². The van der Waals surface area contributed by atoms with E-state index in [-0.39, 0.29) is 28.6 Å². The molecule has 0 saturated heterocycles. The summed E-state index contributed by atoms with van der Waals surface area (Å²) in [4.78, 5) is 96.0. The van der Waals surface area contributed by atoms with Crippen molar-refractivity contribution in [1.29, 1.82) is 0 Å². The molecule has 1 aromatic heterocycles. The molecule has 4 unspecified atom stereocenters. The number of carbonyl (C=O) groups excluding carboxylic acids is 7. The lowest BCUT2D eigenvalue weighted by Gasteiger charge is -2.39. The third kappa shape index (κ3) is 11.5. The lowest BCUT2D eigenvalue weighted by Crippen LogP contribution is -2.60. The number of para-hydroxylation sites is 1. The molecule has 0 radical (unpaired) electrons. The first kappa shape index (κ1) is 49.0. The lowest BCUT2D eigenvalue weighted by molar-refractivity contribution is -0.188. The number of imide groups is 1. The molecule has 0 aliphatic carbocycles. The highest BCUT2D eigenvalue weighted by atomic mass is 19.4. The Balaban J connectivity index is 2.78. The summed E-state index contributed by atoms with van der Waals surface area (Å²) in [6.07, 6.45) is -10.9. The highest BCUT2D eigenvalue weighted by Gasteiger charge is 2.48. The Kier molecular flexibility index (Phi) is 16.5. The van der Waals surface area contributed by atoms with Crippen molar-refractivity contribution in [3.63, 3.8) is 0 Å². The minimum absolute atomic E-state index is 0.115. The topological polar surface area (TPSA) is 150 Å². The van der Waals surface area contributed by atoms with Crippen LogP contribution in [0.5, 0.6) is 0 Å². The minimum atomic E-state index is -5.44. The Labute approximate surface area is 333 Å². The van der Waals surface area contributed by atoms with Crippen molar-refractivity contribution >= 4 is 52.3 Å². The van der Waals surface area contributed by atoms with Gasteiger partial charge in [0, 0.05) is 72.2 Å². The Morgan fingerprint density at radius 2 is 1.21 bits per heavy atom. The van der Waals surface area contributed by atoms with E-state index >= 15 is 0 Å². The molecule has 0 saturated carbocycles. The Morgan fingerprint density at radius 1 is 0.707 bits per heavy atom. The summed E-state index contributed by atoms with van der Waals surface area (Å²) in [7, 11) is 7.70. The molecule has 1 heterocycles. The van der Waals surface area contributed by atoms with Crippen LogP contribution in [-0.2, 0) is 51.8 Å². The standard InChI is InChI=1S/C38H52F6N6O8/c1-21(2)18-28(34(55)58-11)48(8)32(53)27(19-23-20-45(5)25-15-13-12-14-24(23)25)47(7)31(52)26(16-17-29(51)49(9)35(56)37(39,40)41)46(6)33(54)30(22(3)4)50(10)36(57)38(42,43)44/h12-15,20-22,26-28,30H,16-19H2,1-11H3. The van der Waals surface area contributed by atoms with Gasteiger partial charge < -0.3 is 28.9 Å².